The second-order valence-electron chi connectivity index (χ2n) is 13.0. The highest BCUT2D eigenvalue weighted by atomic mass is 32.2. The van der Waals surface area contributed by atoms with Crippen molar-refractivity contribution < 1.29 is 46.4 Å². The van der Waals surface area contributed by atoms with E-state index in [1.54, 1.807) is 20.9 Å². The van der Waals surface area contributed by atoms with E-state index in [-0.39, 0.29) is 48.6 Å². The lowest BCUT2D eigenvalue weighted by Crippen LogP contribution is -2.55. The van der Waals surface area contributed by atoms with Crippen molar-refractivity contribution in [1.29, 1.82) is 0 Å². The lowest BCUT2D eigenvalue weighted by atomic mass is 9.90. The van der Waals surface area contributed by atoms with Gasteiger partial charge in [-0.25, -0.2) is 0 Å². The van der Waals surface area contributed by atoms with E-state index >= 15 is 0 Å². The Hall–Kier alpha value is -3.64. The molecule has 3 atom stereocenters. The lowest BCUT2D eigenvalue weighted by molar-refractivity contribution is -0.143. The second kappa shape index (κ2) is 19.5. The van der Waals surface area contributed by atoms with Crippen molar-refractivity contribution in [3.63, 3.8) is 0 Å². The molecule has 1 aromatic rings. The van der Waals surface area contributed by atoms with E-state index < -0.39 is 64.5 Å². The average molecular weight is 713 g/mol. The number of nitrogens with one attached hydrogen (secondary N) is 5. The van der Waals surface area contributed by atoms with E-state index in [2.05, 4.69) is 26.6 Å². The number of benzene rings is 1. The van der Waals surface area contributed by atoms with Crippen LogP contribution in [0, 0.1) is 11.8 Å². The molecule has 1 unspecified atom stereocenters. The summed E-state index contributed by atoms with van der Waals surface area (Å²) in [6.07, 6.45) is 0.358. The first-order valence-corrected chi connectivity index (χ1v) is 17.7. The van der Waals surface area contributed by atoms with Crippen molar-refractivity contribution in [1.82, 2.24) is 26.2 Å². The summed E-state index contributed by atoms with van der Waals surface area (Å²) >= 11 is 0. The molecule has 1 aliphatic rings. The summed E-state index contributed by atoms with van der Waals surface area (Å²) in [7, 11) is -2.64. The zero-order valence-corrected chi connectivity index (χ0v) is 30.0. The quantitative estimate of drug-likeness (QED) is 0.0932. The highest BCUT2D eigenvalue weighted by Gasteiger charge is 2.39. The highest BCUT2D eigenvalue weighted by molar-refractivity contribution is 7.86. The molecule has 4 amide bonds. The van der Waals surface area contributed by atoms with Gasteiger partial charge in [0.15, 0.2) is 5.78 Å². The van der Waals surface area contributed by atoms with Crippen LogP contribution in [0.15, 0.2) is 29.2 Å². The van der Waals surface area contributed by atoms with Crippen molar-refractivity contribution in [2.75, 3.05) is 64.9 Å². The van der Waals surface area contributed by atoms with Crippen LogP contribution in [0.5, 0.6) is 0 Å². The fraction of sp³-hybridized carbons (Fsp3) is 0.656. The smallest absolute Gasteiger partial charge is 0.297 e. The maximum atomic E-state index is 13.4. The van der Waals surface area contributed by atoms with Gasteiger partial charge in [-0.2, -0.15) is 8.42 Å². The summed E-state index contributed by atoms with van der Waals surface area (Å²) in [5.74, 6) is -3.30. The average Bonchev–Trinajstić information content (AvgIpc) is 3.04. The van der Waals surface area contributed by atoms with Gasteiger partial charge in [0.05, 0.1) is 43.8 Å². The predicted molar refractivity (Wildman–Crippen MR) is 181 cm³/mol. The number of morpholine rings is 1. The summed E-state index contributed by atoms with van der Waals surface area (Å²) in [5, 5.41) is 23.9. The molecular weight excluding hydrogens is 660 g/mol. The number of hydrogen-bond donors (Lipinski definition) is 6. The van der Waals surface area contributed by atoms with Crippen molar-refractivity contribution in [3.05, 3.63) is 24.3 Å². The Labute approximate surface area is 288 Å². The zero-order valence-electron chi connectivity index (χ0n) is 29.2. The molecule has 1 heterocycles. The molecule has 0 spiro atoms. The third-order valence-corrected chi connectivity index (χ3v) is 8.79. The first-order chi connectivity index (χ1) is 22.9. The number of aliphatic hydroxyl groups is 1. The molecule has 0 bridgehead atoms. The third-order valence-electron chi connectivity index (χ3n) is 7.52. The van der Waals surface area contributed by atoms with Gasteiger partial charge in [0.2, 0.25) is 23.6 Å². The van der Waals surface area contributed by atoms with Gasteiger partial charge in [-0.15, -0.1) is 0 Å². The Morgan fingerprint density at radius 2 is 1.41 bits per heavy atom. The Bertz CT molecular complexity index is 1380. The molecule has 1 aromatic carbocycles. The van der Waals surface area contributed by atoms with E-state index in [4.69, 9.17) is 8.92 Å². The molecule has 49 heavy (non-hydrogen) atoms. The first kappa shape index (κ1) is 41.5. The van der Waals surface area contributed by atoms with Gasteiger partial charge in [0.25, 0.3) is 10.1 Å². The Morgan fingerprint density at radius 3 is 1.96 bits per heavy atom. The third kappa shape index (κ3) is 14.8. The molecular formula is C32H52N6O10S. The maximum absolute atomic E-state index is 13.4. The first-order valence-electron chi connectivity index (χ1n) is 16.3. The fourth-order valence-electron chi connectivity index (χ4n) is 4.88. The van der Waals surface area contributed by atoms with Crippen LogP contribution in [0.25, 0.3) is 0 Å². The summed E-state index contributed by atoms with van der Waals surface area (Å²) in [6.45, 7) is 9.02. The SMILES string of the molecule is CNc1ccc(S(=O)(=O)OCC(C)(O)C(=O)[C@H](CC(C)C)NC(=O)CNC(=O)[C@H](CC(C)C)NC(=O)CNC(=O)CN2CCOCC2)cc1. The summed E-state index contributed by atoms with van der Waals surface area (Å²) in [4.78, 5) is 65.8. The molecule has 6 N–H and O–H groups in total. The van der Waals surface area contributed by atoms with E-state index in [1.165, 1.54) is 24.3 Å². The van der Waals surface area contributed by atoms with Crippen molar-refractivity contribution in [2.45, 2.75) is 70.0 Å². The number of nitrogens with zero attached hydrogens (tertiary/aromatic N) is 1. The van der Waals surface area contributed by atoms with Gasteiger partial charge in [0, 0.05) is 25.8 Å². The minimum atomic E-state index is -4.31. The number of anilines is 1. The van der Waals surface area contributed by atoms with E-state index in [1.807, 2.05) is 18.7 Å². The number of ether oxygens (including phenoxy) is 1. The van der Waals surface area contributed by atoms with Crippen LogP contribution in [0.3, 0.4) is 0 Å². The van der Waals surface area contributed by atoms with Gasteiger partial charge < -0.3 is 36.4 Å². The summed E-state index contributed by atoms with van der Waals surface area (Å²) < 4.78 is 35.6. The molecule has 16 nitrogen and oxygen atoms in total. The second-order valence-corrected chi connectivity index (χ2v) is 14.6. The van der Waals surface area contributed by atoms with Gasteiger partial charge in [0.1, 0.15) is 18.2 Å². The van der Waals surface area contributed by atoms with Crippen LogP contribution in [0.1, 0.15) is 47.5 Å². The van der Waals surface area contributed by atoms with Crippen LogP contribution in [0.4, 0.5) is 5.69 Å². The predicted octanol–water partition coefficient (Wildman–Crippen LogP) is -0.620. The number of carbonyl (C=O) groups excluding carboxylic acids is 5. The molecule has 17 heteroatoms. The zero-order chi connectivity index (χ0) is 36.8. The number of amides is 4. The molecule has 0 aliphatic carbocycles. The molecule has 1 saturated heterocycles. The Morgan fingerprint density at radius 1 is 0.878 bits per heavy atom. The van der Waals surface area contributed by atoms with Crippen molar-refractivity contribution >= 4 is 45.2 Å². The molecule has 1 fully saturated rings. The minimum absolute atomic E-state index is 0.00481. The number of rotatable bonds is 20. The monoisotopic (exact) mass is 712 g/mol. The van der Waals surface area contributed by atoms with Crippen LogP contribution in [0.2, 0.25) is 0 Å². The maximum Gasteiger partial charge on any atom is 0.297 e. The molecule has 0 aromatic heterocycles. The number of ketones is 1. The fourth-order valence-corrected chi connectivity index (χ4v) is 5.87. The molecule has 0 radical (unpaired) electrons. The number of Topliss-reactive ketones (excluding diaryl/α,β-unsaturated/α-hetero) is 1. The lowest BCUT2D eigenvalue weighted by Gasteiger charge is -2.28. The largest absolute Gasteiger partial charge is 0.388 e. The summed E-state index contributed by atoms with van der Waals surface area (Å²) in [6, 6.07) is 3.46. The molecule has 276 valence electrons. The van der Waals surface area contributed by atoms with Crippen LogP contribution in [-0.2, 0) is 43.0 Å². The topological polar surface area (TPSA) is 222 Å². The number of carbonyl (C=O) groups is 5. The van der Waals surface area contributed by atoms with Gasteiger partial charge in [-0.3, -0.25) is 33.1 Å². The van der Waals surface area contributed by atoms with E-state index in [0.717, 1.165) is 6.92 Å². The molecule has 0 saturated carbocycles. The van der Waals surface area contributed by atoms with Gasteiger partial charge in [-0.05, 0) is 55.9 Å². The van der Waals surface area contributed by atoms with Crippen molar-refractivity contribution in [3.8, 4) is 0 Å². The van der Waals surface area contributed by atoms with Gasteiger partial charge in [-0.1, -0.05) is 27.7 Å². The van der Waals surface area contributed by atoms with E-state index in [0.29, 0.717) is 32.0 Å². The highest BCUT2D eigenvalue weighted by Crippen LogP contribution is 2.20. The normalized spacial score (nSPS) is 16.3. The Balaban J connectivity index is 1.95. The Kier molecular flexibility index (Phi) is 16.5. The van der Waals surface area contributed by atoms with Crippen LogP contribution < -0.4 is 26.6 Å². The van der Waals surface area contributed by atoms with Crippen LogP contribution >= 0.6 is 0 Å². The van der Waals surface area contributed by atoms with E-state index in [9.17, 15) is 37.5 Å². The molecule has 2 rings (SSSR count). The van der Waals surface area contributed by atoms with Crippen molar-refractivity contribution in [2.24, 2.45) is 11.8 Å². The van der Waals surface area contributed by atoms with Crippen LogP contribution in [-0.4, -0.2) is 125 Å². The standard InChI is InChI=1S/C32H52N6O10S/c1-21(2)15-25(30(42)32(5,44)20-48-49(45,46)24-9-7-23(33-6)8-10-24)36-28(40)18-35-31(43)26(16-22(3)4)37-27(39)17-34-29(41)19-38-11-13-47-14-12-38/h7-10,21-22,25-26,33,44H,11-20H2,1-6H3,(H,34,41)(H,35,43)(H,36,40)(H,37,39)/t25-,26-,32?/m0/s1. The summed E-state index contributed by atoms with van der Waals surface area (Å²) in [5.41, 5.74) is -1.62. The molecule has 1 aliphatic heterocycles. The minimum Gasteiger partial charge on any atom is -0.388 e. The van der Waals surface area contributed by atoms with Gasteiger partial charge >= 0.3 is 0 Å². The number of hydrogen-bond acceptors (Lipinski definition) is 12.